The quantitative estimate of drug-likeness (QED) is 0.685. The lowest BCUT2D eigenvalue weighted by Gasteiger charge is -2.00. The van der Waals surface area contributed by atoms with Crippen LogP contribution in [0.25, 0.3) is 11.4 Å². The van der Waals surface area contributed by atoms with Crippen LogP contribution in [0.1, 0.15) is 0 Å². The zero-order valence-electron chi connectivity index (χ0n) is 10.0. The second kappa shape index (κ2) is 6.70. The highest BCUT2D eigenvalue weighted by Gasteiger charge is 2.03. The fourth-order valence-corrected chi connectivity index (χ4v) is 1.13. The molecule has 7 heteroatoms. The van der Waals surface area contributed by atoms with E-state index in [2.05, 4.69) is 21.5 Å². The highest BCUT2D eigenvalue weighted by atomic mass is 16.4. The molecule has 0 amide bonds. The number of carboxylic acid groups (broad SMARTS) is 1. The summed E-state index contributed by atoms with van der Waals surface area (Å²) >= 11 is 0. The van der Waals surface area contributed by atoms with Gasteiger partial charge in [-0.1, -0.05) is 36.9 Å². The zero-order valence-corrected chi connectivity index (χ0v) is 10.0. The molecule has 0 aliphatic carbocycles. The average molecular weight is 259 g/mol. The van der Waals surface area contributed by atoms with Crippen molar-refractivity contribution in [2.45, 2.75) is 0 Å². The van der Waals surface area contributed by atoms with Crippen LogP contribution in [0.2, 0.25) is 0 Å². The third-order valence-corrected chi connectivity index (χ3v) is 1.88. The van der Waals surface area contributed by atoms with Crippen LogP contribution in [0.15, 0.2) is 43.0 Å². The largest absolute Gasteiger partial charge is 0.478 e. The van der Waals surface area contributed by atoms with Gasteiger partial charge < -0.3 is 16.6 Å². The molecule has 0 aliphatic heterocycles. The Morgan fingerprint density at radius 3 is 2.00 bits per heavy atom. The van der Waals surface area contributed by atoms with E-state index in [0.717, 1.165) is 11.6 Å². The lowest BCUT2D eigenvalue weighted by Crippen LogP contribution is -2.04. The van der Waals surface area contributed by atoms with Gasteiger partial charge in [0.1, 0.15) is 0 Å². The van der Waals surface area contributed by atoms with E-state index in [1.807, 2.05) is 30.3 Å². The highest BCUT2D eigenvalue weighted by molar-refractivity contribution is 5.78. The van der Waals surface area contributed by atoms with Gasteiger partial charge in [0.05, 0.1) is 0 Å². The Bertz CT molecular complexity index is 551. The maximum atomic E-state index is 9.25. The number of carbonyl (C=O) groups is 1. The monoisotopic (exact) mass is 259 g/mol. The standard InChI is InChI=1S/C9H9N5.C3H4O2/c10-8-12-7(13-9(11)14-8)6-4-2-1-3-5-6;1-2-3(4)5/h1-5H,(H4,10,11,12,13,14);2H,1H2,(H,4,5). The summed E-state index contributed by atoms with van der Waals surface area (Å²) in [5, 5.41) is 7.60. The number of rotatable bonds is 2. The fraction of sp³-hybridized carbons (Fsp3) is 0. The van der Waals surface area contributed by atoms with E-state index in [1.54, 1.807) is 0 Å². The predicted molar refractivity (Wildman–Crippen MR) is 71.9 cm³/mol. The minimum Gasteiger partial charge on any atom is -0.478 e. The highest BCUT2D eigenvalue weighted by Crippen LogP contribution is 2.14. The lowest BCUT2D eigenvalue weighted by atomic mass is 10.2. The van der Waals surface area contributed by atoms with E-state index in [0.29, 0.717) is 5.82 Å². The van der Waals surface area contributed by atoms with Gasteiger partial charge in [-0.3, -0.25) is 0 Å². The van der Waals surface area contributed by atoms with Gasteiger partial charge >= 0.3 is 5.97 Å². The van der Waals surface area contributed by atoms with Gasteiger partial charge in [-0.25, -0.2) is 4.79 Å². The average Bonchev–Trinajstić information content (AvgIpc) is 2.39. The fourth-order valence-electron chi connectivity index (χ4n) is 1.13. The van der Waals surface area contributed by atoms with E-state index >= 15 is 0 Å². The number of hydrogen-bond acceptors (Lipinski definition) is 6. The van der Waals surface area contributed by atoms with Crippen molar-refractivity contribution in [1.29, 1.82) is 0 Å². The maximum absolute atomic E-state index is 9.25. The molecule has 0 unspecified atom stereocenters. The van der Waals surface area contributed by atoms with Gasteiger partial charge in [0.25, 0.3) is 0 Å². The number of nitrogens with two attached hydrogens (primary N) is 2. The molecule has 1 aromatic heterocycles. The zero-order chi connectivity index (χ0) is 14.3. The smallest absolute Gasteiger partial charge is 0.327 e. The summed E-state index contributed by atoms with van der Waals surface area (Å²) in [6.45, 7) is 2.96. The molecular weight excluding hydrogens is 246 g/mol. The minimum atomic E-state index is -0.981. The van der Waals surface area contributed by atoms with Crippen molar-refractivity contribution in [2.75, 3.05) is 11.5 Å². The van der Waals surface area contributed by atoms with Crippen LogP contribution >= 0.6 is 0 Å². The number of nitrogens with zero attached hydrogens (tertiary/aromatic N) is 3. The summed E-state index contributed by atoms with van der Waals surface area (Å²) in [6.07, 6.45) is 0.833. The number of hydrogen-bond donors (Lipinski definition) is 3. The summed E-state index contributed by atoms with van der Waals surface area (Å²) in [5.41, 5.74) is 11.8. The van der Waals surface area contributed by atoms with Crippen LogP contribution in [-0.2, 0) is 4.79 Å². The number of aromatic nitrogens is 3. The van der Waals surface area contributed by atoms with Crippen LogP contribution in [0.5, 0.6) is 0 Å². The van der Waals surface area contributed by atoms with Crippen molar-refractivity contribution in [2.24, 2.45) is 0 Å². The van der Waals surface area contributed by atoms with Crippen LogP contribution < -0.4 is 11.5 Å². The summed E-state index contributed by atoms with van der Waals surface area (Å²) in [5.74, 6) is -0.215. The molecule has 0 atom stereocenters. The lowest BCUT2D eigenvalue weighted by molar-refractivity contribution is -0.131. The molecule has 19 heavy (non-hydrogen) atoms. The first kappa shape index (κ1) is 14.1. The Morgan fingerprint density at radius 1 is 1.11 bits per heavy atom. The number of aliphatic carboxylic acids is 1. The molecule has 98 valence electrons. The summed E-state index contributed by atoms with van der Waals surface area (Å²) in [7, 11) is 0. The normalized spacial score (nSPS) is 9.05. The first-order valence-electron chi connectivity index (χ1n) is 5.20. The van der Waals surface area contributed by atoms with Crippen LogP contribution in [0, 0.1) is 0 Å². The van der Waals surface area contributed by atoms with Gasteiger partial charge in [0.2, 0.25) is 11.9 Å². The van der Waals surface area contributed by atoms with Crippen molar-refractivity contribution >= 4 is 17.9 Å². The molecule has 1 heterocycles. The van der Waals surface area contributed by atoms with Gasteiger partial charge in [0, 0.05) is 11.6 Å². The van der Waals surface area contributed by atoms with E-state index in [4.69, 9.17) is 16.6 Å². The maximum Gasteiger partial charge on any atom is 0.327 e. The molecule has 2 rings (SSSR count). The Kier molecular flexibility index (Phi) is 4.97. The summed E-state index contributed by atoms with van der Waals surface area (Å²) in [4.78, 5) is 20.9. The molecule has 0 fully saturated rings. The third kappa shape index (κ3) is 4.82. The van der Waals surface area contributed by atoms with Gasteiger partial charge in [-0.2, -0.15) is 15.0 Å². The van der Waals surface area contributed by atoms with Crippen LogP contribution in [0.4, 0.5) is 11.9 Å². The number of carboxylic acids is 1. The SMILES string of the molecule is C=CC(=O)O.Nc1nc(N)nc(-c2ccccc2)n1. The molecule has 0 bridgehead atoms. The van der Waals surface area contributed by atoms with E-state index in [1.165, 1.54) is 0 Å². The van der Waals surface area contributed by atoms with Gasteiger partial charge in [-0.15, -0.1) is 0 Å². The van der Waals surface area contributed by atoms with Crippen molar-refractivity contribution in [3.63, 3.8) is 0 Å². The molecule has 7 nitrogen and oxygen atoms in total. The Balaban J connectivity index is 0.000000312. The second-order valence-corrected chi connectivity index (χ2v) is 3.28. The Hall–Kier alpha value is -2.96. The molecule has 0 aliphatic rings. The molecular formula is C12H13N5O2. The van der Waals surface area contributed by atoms with E-state index < -0.39 is 5.97 Å². The number of benzene rings is 1. The topological polar surface area (TPSA) is 128 Å². The van der Waals surface area contributed by atoms with Crippen molar-refractivity contribution in [3.05, 3.63) is 43.0 Å². The van der Waals surface area contributed by atoms with Crippen molar-refractivity contribution in [3.8, 4) is 11.4 Å². The molecule has 5 N–H and O–H groups in total. The Morgan fingerprint density at radius 2 is 1.58 bits per heavy atom. The van der Waals surface area contributed by atoms with Crippen molar-refractivity contribution in [1.82, 2.24) is 15.0 Å². The first-order valence-corrected chi connectivity index (χ1v) is 5.20. The molecule has 0 saturated carbocycles. The first-order chi connectivity index (χ1) is 9.02. The van der Waals surface area contributed by atoms with Crippen molar-refractivity contribution < 1.29 is 9.90 Å². The predicted octanol–water partition coefficient (Wildman–Crippen LogP) is 0.960. The Labute approximate surface area is 109 Å². The van der Waals surface area contributed by atoms with Gasteiger partial charge in [0.15, 0.2) is 5.82 Å². The number of anilines is 2. The van der Waals surface area contributed by atoms with E-state index in [9.17, 15) is 4.79 Å². The van der Waals surface area contributed by atoms with Gasteiger partial charge in [-0.05, 0) is 0 Å². The van der Waals surface area contributed by atoms with Crippen LogP contribution in [0.3, 0.4) is 0 Å². The molecule has 0 spiro atoms. The van der Waals surface area contributed by atoms with E-state index in [-0.39, 0.29) is 11.9 Å². The third-order valence-electron chi connectivity index (χ3n) is 1.88. The second-order valence-electron chi connectivity index (χ2n) is 3.28. The molecule has 0 saturated heterocycles. The molecule has 0 radical (unpaired) electrons. The number of nitrogen functional groups attached to an aromatic ring is 2. The van der Waals surface area contributed by atoms with Crippen LogP contribution in [-0.4, -0.2) is 26.0 Å². The minimum absolute atomic E-state index is 0.136. The molecule has 2 aromatic rings. The molecule has 1 aromatic carbocycles. The summed E-state index contributed by atoms with van der Waals surface area (Å²) in [6, 6.07) is 9.47. The summed E-state index contributed by atoms with van der Waals surface area (Å²) < 4.78 is 0.